The lowest BCUT2D eigenvalue weighted by Gasteiger charge is -2.32. The number of benzene rings is 2. The van der Waals surface area contributed by atoms with Gasteiger partial charge in [0.25, 0.3) is 0 Å². The summed E-state index contributed by atoms with van der Waals surface area (Å²) in [7, 11) is 0. The number of aromatic nitrogens is 4. The summed E-state index contributed by atoms with van der Waals surface area (Å²) in [6.07, 6.45) is 1.51. The molecule has 3 heterocycles. The fraction of sp³-hybridized carbons (Fsp3) is 0.308. The van der Waals surface area contributed by atoms with Crippen molar-refractivity contribution in [3.63, 3.8) is 0 Å². The molecule has 1 aliphatic rings. The predicted octanol–water partition coefficient (Wildman–Crippen LogP) is 4.62. The van der Waals surface area contributed by atoms with Gasteiger partial charge in [0.15, 0.2) is 5.82 Å². The minimum Gasteiger partial charge on any atom is -0.353 e. The first-order chi connectivity index (χ1) is 16.5. The van der Waals surface area contributed by atoms with Crippen LogP contribution in [0, 0.1) is 19.8 Å². The number of nitrogens with one attached hydrogen (secondary N) is 1. The maximum absolute atomic E-state index is 12.8. The summed E-state index contributed by atoms with van der Waals surface area (Å²) in [5, 5.41) is 18.6. The van der Waals surface area contributed by atoms with Gasteiger partial charge in [-0.25, -0.2) is 4.68 Å². The van der Waals surface area contributed by atoms with Crippen LogP contribution in [0.4, 0.5) is 5.82 Å². The van der Waals surface area contributed by atoms with Crippen LogP contribution in [0.1, 0.15) is 29.8 Å². The van der Waals surface area contributed by atoms with E-state index in [1.807, 2.05) is 66.2 Å². The lowest BCUT2D eigenvalue weighted by Crippen LogP contribution is -2.40. The Bertz CT molecular complexity index is 1330. The molecule has 2 aromatic carbocycles. The van der Waals surface area contributed by atoms with Crippen LogP contribution in [0.25, 0.3) is 16.6 Å². The Kier molecular flexibility index (Phi) is 6.20. The second kappa shape index (κ2) is 9.43. The van der Waals surface area contributed by atoms with Crippen molar-refractivity contribution in [3.05, 3.63) is 76.6 Å². The van der Waals surface area contributed by atoms with Gasteiger partial charge in [-0.05, 0) is 50.5 Å². The van der Waals surface area contributed by atoms with Crippen LogP contribution < -0.4 is 10.2 Å². The second-order valence-electron chi connectivity index (χ2n) is 8.74. The number of hydrogen-bond donors (Lipinski definition) is 1. The van der Waals surface area contributed by atoms with Crippen molar-refractivity contribution in [1.29, 1.82) is 0 Å². The number of carbonyl (C=O) groups is 1. The van der Waals surface area contributed by atoms with E-state index in [4.69, 9.17) is 16.7 Å². The van der Waals surface area contributed by atoms with Crippen molar-refractivity contribution in [2.75, 3.05) is 18.0 Å². The Morgan fingerprint density at radius 1 is 1.03 bits per heavy atom. The van der Waals surface area contributed by atoms with Gasteiger partial charge in [-0.15, -0.1) is 5.10 Å². The van der Waals surface area contributed by atoms with Crippen LogP contribution in [0.5, 0.6) is 0 Å². The summed E-state index contributed by atoms with van der Waals surface area (Å²) in [5.41, 5.74) is 4.71. The normalized spacial score (nSPS) is 14.5. The number of hydrogen-bond acceptors (Lipinski definition) is 5. The van der Waals surface area contributed by atoms with Gasteiger partial charge in [0.1, 0.15) is 5.52 Å². The molecule has 7 nitrogen and oxygen atoms in total. The van der Waals surface area contributed by atoms with Gasteiger partial charge in [0.2, 0.25) is 5.91 Å². The Balaban J connectivity index is 1.31. The minimum absolute atomic E-state index is 0.0313. The van der Waals surface area contributed by atoms with Gasteiger partial charge in [-0.3, -0.25) is 4.79 Å². The molecule has 0 saturated carbocycles. The molecule has 1 N–H and O–H groups in total. The van der Waals surface area contributed by atoms with Crippen LogP contribution in [0.3, 0.4) is 0 Å². The van der Waals surface area contributed by atoms with Crippen molar-refractivity contribution in [3.8, 4) is 5.69 Å². The van der Waals surface area contributed by atoms with E-state index in [0.29, 0.717) is 11.6 Å². The molecule has 1 aliphatic heterocycles. The van der Waals surface area contributed by atoms with E-state index < -0.39 is 0 Å². The van der Waals surface area contributed by atoms with Gasteiger partial charge >= 0.3 is 0 Å². The Morgan fingerprint density at radius 3 is 2.47 bits per heavy atom. The highest BCUT2D eigenvalue weighted by Crippen LogP contribution is 2.31. The number of aryl methyl sites for hydroxylation is 2. The van der Waals surface area contributed by atoms with E-state index in [-0.39, 0.29) is 11.8 Å². The van der Waals surface area contributed by atoms with E-state index in [0.717, 1.165) is 65.3 Å². The molecule has 0 spiro atoms. The fourth-order valence-electron chi connectivity index (χ4n) is 4.67. The summed E-state index contributed by atoms with van der Waals surface area (Å²) in [6, 6.07) is 17.7. The Labute approximate surface area is 203 Å². The van der Waals surface area contributed by atoms with E-state index >= 15 is 0 Å². The Morgan fingerprint density at radius 2 is 1.74 bits per heavy atom. The van der Waals surface area contributed by atoms with Crippen LogP contribution in [0.15, 0.2) is 54.6 Å². The monoisotopic (exact) mass is 474 g/mol. The Hall–Kier alpha value is -3.45. The molecular formula is C26H27ClN6O. The first kappa shape index (κ1) is 22.3. The number of anilines is 1. The minimum atomic E-state index is -0.0313. The molecule has 0 aliphatic carbocycles. The number of halogens is 1. The third-order valence-corrected chi connectivity index (χ3v) is 6.93. The van der Waals surface area contributed by atoms with Crippen molar-refractivity contribution in [1.82, 2.24) is 25.3 Å². The molecule has 2 aromatic heterocycles. The van der Waals surface area contributed by atoms with Crippen molar-refractivity contribution < 1.29 is 4.79 Å². The summed E-state index contributed by atoms with van der Waals surface area (Å²) < 4.78 is 1.96. The number of piperidine rings is 1. The second-order valence-corrected chi connectivity index (χ2v) is 9.14. The molecule has 0 unspecified atom stereocenters. The third-order valence-electron chi connectivity index (χ3n) is 6.56. The number of amides is 1. The fourth-order valence-corrected chi connectivity index (χ4v) is 4.87. The molecule has 34 heavy (non-hydrogen) atoms. The van der Waals surface area contributed by atoms with Gasteiger partial charge in [-0.1, -0.05) is 48.0 Å². The van der Waals surface area contributed by atoms with Crippen LogP contribution >= 0.6 is 11.6 Å². The van der Waals surface area contributed by atoms with Gasteiger partial charge in [0, 0.05) is 30.6 Å². The summed E-state index contributed by atoms with van der Waals surface area (Å²) in [4.78, 5) is 15.0. The van der Waals surface area contributed by atoms with E-state index in [1.54, 1.807) is 0 Å². The molecule has 0 radical (unpaired) electrons. The maximum Gasteiger partial charge on any atom is 0.223 e. The number of para-hydroxylation sites is 1. The molecular weight excluding hydrogens is 448 g/mol. The molecule has 174 valence electrons. The predicted molar refractivity (Wildman–Crippen MR) is 134 cm³/mol. The zero-order valence-corrected chi connectivity index (χ0v) is 20.1. The maximum atomic E-state index is 12.8. The van der Waals surface area contributed by atoms with E-state index in [1.165, 1.54) is 0 Å². The number of carbonyl (C=O) groups excluding carboxylic acids is 1. The van der Waals surface area contributed by atoms with Crippen molar-refractivity contribution in [2.45, 2.75) is 33.2 Å². The molecule has 4 aromatic rings. The third kappa shape index (κ3) is 4.23. The van der Waals surface area contributed by atoms with Crippen LogP contribution in [-0.2, 0) is 11.3 Å². The first-order valence-electron chi connectivity index (χ1n) is 11.6. The van der Waals surface area contributed by atoms with Gasteiger partial charge in [-0.2, -0.15) is 10.2 Å². The number of rotatable bonds is 5. The highest BCUT2D eigenvalue weighted by Gasteiger charge is 2.28. The first-order valence-corrected chi connectivity index (χ1v) is 11.9. The lowest BCUT2D eigenvalue weighted by atomic mass is 9.95. The van der Waals surface area contributed by atoms with Crippen molar-refractivity contribution >= 4 is 34.2 Å². The number of fused-ring (bicyclic) bond motifs is 1. The van der Waals surface area contributed by atoms with E-state index in [9.17, 15) is 4.79 Å². The molecule has 5 rings (SSSR count). The summed E-state index contributed by atoms with van der Waals surface area (Å²) in [5.74, 6) is 0.827. The van der Waals surface area contributed by atoms with Gasteiger partial charge < -0.3 is 10.2 Å². The van der Waals surface area contributed by atoms with Gasteiger partial charge in [0.05, 0.1) is 22.5 Å². The molecule has 0 bridgehead atoms. The SMILES string of the molecule is Cc1nnc(N2CCC(C(=O)NCc3ccccc3Cl)CC2)c2nn(-c3ccccc3)c(C)c12. The number of nitrogens with zero attached hydrogens (tertiary/aromatic N) is 5. The zero-order valence-electron chi connectivity index (χ0n) is 19.3. The average Bonchev–Trinajstić information content (AvgIpc) is 3.22. The highest BCUT2D eigenvalue weighted by atomic mass is 35.5. The molecule has 1 saturated heterocycles. The smallest absolute Gasteiger partial charge is 0.223 e. The molecule has 1 fully saturated rings. The zero-order chi connectivity index (χ0) is 23.7. The quantitative estimate of drug-likeness (QED) is 0.456. The van der Waals surface area contributed by atoms with Crippen LogP contribution in [-0.4, -0.2) is 39.0 Å². The topological polar surface area (TPSA) is 75.9 Å². The molecule has 8 heteroatoms. The van der Waals surface area contributed by atoms with Crippen LogP contribution in [0.2, 0.25) is 5.02 Å². The summed E-state index contributed by atoms with van der Waals surface area (Å²) >= 11 is 6.21. The highest BCUT2D eigenvalue weighted by molar-refractivity contribution is 6.31. The lowest BCUT2D eigenvalue weighted by molar-refractivity contribution is -0.125. The average molecular weight is 475 g/mol. The van der Waals surface area contributed by atoms with Crippen molar-refractivity contribution in [2.24, 2.45) is 5.92 Å². The molecule has 0 atom stereocenters. The summed E-state index contributed by atoms with van der Waals surface area (Å²) in [6.45, 7) is 5.94. The van der Waals surface area contributed by atoms with E-state index in [2.05, 4.69) is 27.3 Å². The standard InChI is InChI=1S/C26H27ClN6O/c1-17-23-18(2)33(21-9-4-3-5-10-21)31-24(23)25(30-29-17)32-14-12-19(13-15-32)26(34)28-16-20-8-6-7-11-22(20)27/h3-11,19H,12-16H2,1-2H3,(H,28,34). The largest absolute Gasteiger partial charge is 0.353 e. The molecule has 1 amide bonds.